The lowest BCUT2D eigenvalue weighted by molar-refractivity contribution is -0.129. The largest absolute Gasteiger partial charge is 0.394 e. The van der Waals surface area contributed by atoms with Crippen molar-refractivity contribution in [3.63, 3.8) is 0 Å². The molecular weight excluding hydrogens is 242 g/mol. The predicted molar refractivity (Wildman–Crippen MR) is 72.4 cm³/mol. The molecule has 1 atom stereocenters. The Morgan fingerprint density at radius 1 is 1.47 bits per heavy atom. The Bertz CT molecular complexity index is 434. The molecule has 19 heavy (non-hydrogen) atoms. The Labute approximate surface area is 113 Å². The summed E-state index contributed by atoms with van der Waals surface area (Å²) in [5.41, 5.74) is 0.951. The van der Waals surface area contributed by atoms with Crippen LogP contribution in [0.25, 0.3) is 0 Å². The minimum absolute atomic E-state index is 0.0952. The van der Waals surface area contributed by atoms with Gasteiger partial charge in [0.15, 0.2) is 0 Å². The summed E-state index contributed by atoms with van der Waals surface area (Å²) in [6, 6.07) is 3.38. The minimum Gasteiger partial charge on any atom is -0.394 e. The van der Waals surface area contributed by atoms with Crippen LogP contribution in [0, 0.1) is 0 Å². The van der Waals surface area contributed by atoms with Gasteiger partial charge in [-0.2, -0.15) is 0 Å². The Balaban J connectivity index is 2.27. The van der Waals surface area contributed by atoms with E-state index < -0.39 is 6.04 Å². The first-order valence-electron chi connectivity index (χ1n) is 6.59. The zero-order valence-corrected chi connectivity index (χ0v) is 11.5. The van der Waals surface area contributed by atoms with E-state index in [0.717, 1.165) is 12.0 Å². The molecule has 2 N–H and O–H groups in total. The first kappa shape index (κ1) is 14.0. The lowest BCUT2D eigenvalue weighted by Crippen LogP contribution is -2.53. The van der Waals surface area contributed by atoms with Crippen LogP contribution in [-0.2, 0) is 11.3 Å². The normalized spacial score (nSPS) is 23.7. The average Bonchev–Trinajstić information content (AvgIpc) is 2.48. The number of hydrogen-bond acceptors (Lipinski definition) is 4. The van der Waals surface area contributed by atoms with E-state index in [0.29, 0.717) is 13.1 Å². The van der Waals surface area contributed by atoms with Gasteiger partial charge in [0.05, 0.1) is 6.61 Å². The molecule has 1 aliphatic heterocycles. The van der Waals surface area contributed by atoms with Crippen molar-refractivity contribution in [3.8, 4) is 0 Å². The first-order chi connectivity index (χ1) is 9.04. The van der Waals surface area contributed by atoms with E-state index in [1.807, 2.05) is 12.1 Å². The molecule has 1 unspecified atom stereocenters. The SMILES string of the molecule is CC1(C)CCNC(=O)C(CO)N1Cc1ccncc1. The first-order valence-corrected chi connectivity index (χ1v) is 6.59. The highest BCUT2D eigenvalue weighted by Gasteiger charge is 2.38. The second-order valence-electron chi connectivity index (χ2n) is 5.54. The zero-order valence-electron chi connectivity index (χ0n) is 11.5. The standard InChI is InChI=1S/C14H21N3O2/c1-14(2)5-8-16-13(19)12(10-18)17(14)9-11-3-6-15-7-4-11/h3-4,6-7,12,18H,5,8-10H2,1-2H3,(H,16,19). The second-order valence-corrected chi connectivity index (χ2v) is 5.54. The van der Waals surface area contributed by atoms with Crippen LogP contribution in [0.4, 0.5) is 0 Å². The lowest BCUT2D eigenvalue weighted by Gasteiger charge is -2.40. The molecule has 2 heterocycles. The van der Waals surface area contributed by atoms with Crippen LogP contribution >= 0.6 is 0 Å². The van der Waals surface area contributed by atoms with Crippen LogP contribution in [0.5, 0.6) is 0 Å². The molecule has 0 radical (unpaired) electrons. The van der Waals surface area contributed by atoms with Crippen LogP contribution in [0.15, 0.2) is 24.5 Å². The van der Waals surface area contributed by atoms with E-state index in [-0.39, 0.29) is 18.1 Å². The quantitative estimate of drug-likeness (QED) is 0.835. The predicted octanol–water partition coefficient (Wildman–Crippen LogP) is 0.543. The van der Waals surface area contributed by atoms with Gasteiger partial charge in [0.25, 0.3) is 0 Å². The number of aromatic nitrogens is 1. The Morgan fingerprint density at radius 2 is 2.16 bits per heavy atom. The van der Waals surface area contributed by atoms with Crippen molar-refractivity contribution in [2.75, 3.05) is 13.2 Å². The third kappa shape index (κ3) is 3.11. The van der Waals surface area contributed by atoms with Gasteiger partial charge in [0, 0.05) is 31.0 Å². The summed E-state index contributed by atoms with van der Waals surface area (Å²) in [4.78, 5) is 18.1. The van der Waals surface area contributed by atoms with Gasteiger partial charge in [0.1, 0.15) is 6.04 Å². The fourth-order valence-corrected chi connectivity index (χ4v) is 2.51. The summed E-state index contributed by atoms with van der Waals surface area (Å²) in [7, 11) is 0. The van der Waals surface area contributed by atoms with Crippen molar-refractivity contribution in [3.05, 3.63) is 30.1 Å². The molecule has 0 bridgehead atoms. The number of hydrogen-bond donors (Lipinski definition) is 2. The topological polar surface area (TPSA) is 65.5 Å². The van der Waals surface area contributed by atoms with Crippen LogP contribution in [0.1, 0.15) is 25.8 Å². The highest BCUT2D eigenvalue weighted by atomic mass is 16.3. The van der Waals surface area contributed by atoms with Crippen LogP contribution in [0.3, 0.4) is 0 Å². The average molecular weight is 263 g/mol. The number of carbonyl (C=O) groups is 1. The fraction of sp³-hybridized carbons (Fsp3) is 0.571. The van der Waals surface area contributed by atoms with E-state index in [2.05, 4.69) is 29.0 Å². The molecule has 1 fully saturated rings. The van der Waals surface area contributed by atoms with Crippen molar-refractivity contribution in [2.45, 2.75) is 38.4 Å². The van der Waals surface area contributed by atoms with Gasteiger partial charge in [0.2, 0.25) is 5.91 Å². The smallest absolute Gasteiger partial charge is 0.239 e. The fourth-order valence-electron chi connectivity index (χ4n) is 2.51. The molecule has 2 rings (SSSR count). The van der Waals surface area contributed by atoms with Crippen molar-refractivity contribution < 1.29 is 9.90 Å². The third-order valence-electron chi connectivity index (χ3n) is 3.77. The van der Waals surface area contributed by atoms with Crippen molar-refractivity contribution in [2.24, 2.45) is 0 Å². The maximum absolute atomic E-state index is 12.0. The van der Waals surface area contributed by atoms with Crippen LogP contribution in [-0.4, -0.2) is 45.6 Å². The molecular formula is C14H21N3O2. The molecule has 1 aliphatic rings. The van der Waals surface area contributed by atoms with Crippen LogP contribution < -0.4 is 5.32 Å². The molecule has 0 aromatic carbocycles. The van der Waals surface area contributed by atoms with Gasteiger partial charge < -0.3 is 10.4 Å². The molecule has 0 saturated carbocycles. The highest BCUT2D eigenvalue weighted by Crippen LogP contribution is 2.26. The lowest BCUT2D eigenvalue weighted by atomic mass is 9.96. The summed E-state index contributed by atoms with van der Waals surface area (Å²) in [6.45, 7) is 5.33. The Kier molecular flexibility index (Phi) is 4.17. The number of pyridine rings is 1. The molecule has 5 nitrogen and oxygen atoms in total. The van der Waals surface area contributed by atoms with Gasteiger partial charge in [-0.15, -0.1) is 0 Å². The summed E-state index contributed by atoms with van der Waals surface area (Å²) in [5, 5.41) is 12.4. The van der Waals surface area contributed by atoms with E-state index in [1.165, 1.54) is 0 Å². The minimum atomic E-state index is -0.495. The molecule has 0 aliphatic carbocycles. The monoisotopic (exact) mass is 263 g/mol. The van der Waals surface area contributed by atoms with Gasteiger partial charge >= 0.3 is 0 Å². The molecule has 1 aromatic heterocycles. The zero-order chi connectivity index (χ0) is 13.9. The maximum atomic E-state index is 12.0. The molecule has 104 valence electrons. The highest BCUT2D eigenvalue weighted by molar-refractivity contribution is 5.82. The molecule has 1 amide bonds. The number of aliphatic hydroxyl groups excluding tert-OH is 1. The second kappa shape index (κ2) is 5.67. The summed E-state index contributed by atoms with van der Waals surface area (Å²) >= 11 is 0. The number of rotatable bonds is 3. The summed E-state index contributed by atoms with van der Waals surface area (Å²) in [6.07, 6.45) is 4.35. The molecule has 0 spiro atoms. The number of nitrogens with one attached hydrogen (secondary N) is 1. The number of carbonyl (C=O) groups excluding carboxylic acids is 1. The molecule has 5 heteroatoms. The third-order valence-corrected chi connectivity index (χ3v) is 3.77. The Hall–Kier alpha value is -1.46. The van der Waals surface area contributed by atoms with Crippen LogP contribution in [0.2, 0.25) is 0 Å². The summed E-state index contributed by atoms with van der Waals surface area (Å²) < 4.78 is 0. The van der Waals surface area contributed by atoms with E-state index >= 15 is 0 Å². The molecule has 1 aromatic rings. The van der Waals surface area contributed by atoms with Gasteiger partial charge in [-0.1, -0.05) is 0 Å². The van der Waals surface area contributed by atoms with Crippen molar-refractivity contribution in [1.82, 2.24) is 15.2 Å². The number of amides is 1. The van der Waals surface area contributed by atoms with Gasteiger partial charge in [-0.3, -0.25) is 14.7 Å². The van der Waals surface area contributed by atoms with Gasteiger partial charge in [-0.05, 0) is 38.0 Å². The Morgan fingerprint density at radius 3 is 2.79 bits per heavy atom. The van der Waals surface area contributed by atoms with E-state index in [1.54, 1.807) is 12.4 Å². The van der Waals surface area contributed by atoms with E-state index in [4.69, 9.17) is 0 Å². The maximum Gasteiger partial charge on any atom is 0.239 e. The van der Waals surface area contributed by atoms with Gasteiger partial charge in [-0.25, -0.2) is 0 Å². The summed E-state index contributed by atoms with van der Waals surface area (Å²) in [5.74, 6) is -0.0952. The molecule has 1 saturated heterocycles. The van der Waals surface area contributed by atoms with Crippen molar-refractivity contribution >= 4 is 5.91 Å². The van der Waals surface area contributed by atoms with Crippen molar-refractivity contribution in [1.29, 1.82) is 0 Å². The number of aliphatic hydroxyl groups is 1. The van der Waals surface area contributed by atoms with E-state index in [9.17, 15) is 9.90 Å². The number of nitrogens with zero attached hydrogens (tertiary/aromatic N) is 2.